The number of benzene rings is 1. The van der Waals surface area contributed by atoms with Crippen LogP contribution in [0.5, 0.6) is 0 Å². The second-order valence-corrected chi connectivity index (χ2v) is 5.55. The van der Waals surface area contributed by atoms with Crippen LogP contribution in [0.1, 0.15) is 21.6 Å². The summed E-state index contributed by atoms with van der Waals surface area (Å²) in [6.07, 6.45) is -6.49. The first-order valence-electron chi connectivity index (χ1n) is 7.61. The standard InChI is InChI=1S/C17H10F6N4O/c18-16(19,20)10-2-1-3-12(8-10)27-14(17(21,22)23)13(9-25-27)15(28)26-11-4-6-24-7-5-11/h1-9H,(H,24,26,28). The van der Waals surface area contributed by atoms with E-state index < -0.39 is 40.8 Å². The molecule has 5 nitrogen and oxygen atoms in total. The Balaban J connectivity index is 2.06. The van der Waals surface area contributed by atoms with E-state index in [1.807, 2.05) is 0 Å². The van der Waals surface area contributed by atoms with Crippen molar-refractivity contribution in [1.29, 1.82) is 0 Å². The first-order chi connectivity index (χ1) is 13.1. The Labute approximate surface area is 153 Å². The number of hydrogen-bond donors (Lipinski definition) is 1. The molecule has 1 aromatic carbocycles. The zero-order valence-electron chi connectivity index (χ0n) is 13.7. The number of halogens is 6. The summed E-state index contributed by atoms with van der Waals surface area (Å²) in [5.74, 6) is -1.11. The van der Waals surface area contributed by atoms with E-state index in [2.05, 4.69) is 15.4 Å². The fraction of sp³-hybridized carbons (Fsp3) is 0.118. The average Bonchev–Trinajstić information content (AvgIpc) is 3.08. The highest BCUT2D eigenvalue weighted by molar-refractivity contribution is 6.05. The molecule has 146 valence electrons. The Morgan fingerprint density at radius 3 is 2.25 bits per heavy atom. The maximum atomic E-state index is 13.6. The van der Waals surface area contributed by atoms with Gasteiger partial charge in [0.1, 0.15) is 0 Å². The van der Waals surface area contributed by atoms with Crippen molar-refractivity contribution in [1.82, 2.24) is 14.8 Å². The molecule has 1 amide bonds. The van der Waals surface area contributed by atoms with Gasteiger partial charge in [0.15, 0.2) is 5.69 Å². The summed E-state index contributed by atoms with van der Waals surface area (Å²) in [5, 5.41) is 5.75. The molecular weight excluding hydrogens is 390 g/mol. The predicted molar refractivity (Wildman–Crippen MR) is 85.8 cm³/mol. The molecule has 0 radical (unpaired) electrons. The largest absolute Gasteiger partial charge is 0.434 e. The van der Waals surface area contributed by atoms with Crippen molar-refractivity contribution in [2.75, 3.05) is 5.32 Å². The van der Waals surface area contributed by atoms with Gasteiger partial charge in [0.25, 0.3) is 5.91 Å². The van der Waals surface area contributed by atoms with Crippen LogP contribution in [0.2, 0.25) is 0 Å². The quantitative estimate of drug-likeness (QED) is 0.656. The molecule has 0 bridgehead atoms. The number of pyridine rings is 1. The number of nitrogens with one attached hydrogen (secondary N) is 1. The molecule has 2 heterocycles. The molecule has 0 aliphatic carbocycles. The van der Waals surface area contributed by atoms with Crippen LogP contribution in [-0.4, -0.2) is 20.7 Å². The van der Waals surface area contributed by atoms with E-state index in [0.717, 1.165) is 18.2 Å². The molecular formula is C17H10F6N4O. The normalized spacial score (nSPS) is 12.1. The van der Waals surface area contributed by atoms with E-state index >= 15 is 0 Å². The molecule has 0 spiro atoms. The summed E-state index contributed by atoms with van der Waals surface area (Å²) in [6, 6.07) is 5.95. The minimum atomic E-state index is -5.05. The highest BCUT2D eigenvalue weighted by Gasteiger charge is 2.41. The van der Waals surface area contributed by atoms with Crippen molar-refractivity contribution in [3.63, 3.8) is 0 Å². The SMILES string of the molecule is O=C(Nc1ccncc1)c1cnn(-c2cccc(C(F)(F)F)c2)c1C(F)(F)F. The van der Waals surface area contributed by atoms with Crippen LogP contribution in [0, 0.1) is 0 Å². The molecule has 2 aromatic heterocycles. The number of anilines is 1. The molecule has 3 rings (SSSR count). The summed E-state index contributed by atoms with van der Waals surface area (Å²) in [7, 11) is 0. The van der Waals surface area contributed by atoms with Crippen LogP contribution in [0.3, 0.4) is 0 Å². The average molecular weight is 400 g/mol. The van der Waals surface area contributed by atoms with Gasteiger partial charge >= 0.3 is 12.4 Å². The topological polar surface area (TPSA) is 59.8 Å². The van der Waals surface area contributed by atoms with Gasteiger partial charge in [-0.2, -0.15) is 31.4 Å². The Kier molecular flexibility index (Phi) is 4.84. The van der Waals surface area contributed by atoms with E-state index in [9.17, 15) is 31.1 Å². The third-order valence-electron chi connectivity index (χ3n) is 3.64. The van der Waals surface area contributed by atoms with E-state index in [1.165, 1.54) is 24.5 Å². The van der Waals surface area contributed by atoms with E-state index in [-0.39, 0.29) is 10.4 Å². The van der Waals surface area contributed by atoms with Gasteiger partial charge in [-0.05, 0) is 30.3 Å². The van der Waals surface area contributed by atoms with Gasteiger partial charge in [-0.25, -0.2) is 4.68 Å². The van der Waals surface area contributed by atoms with E-state index in [1.54, 1.807) is 0 Å². The number of carbonyl (C=O) groups is 1. The third kappa shape index (κ3) is 3.97. The molecule has 0 atom stereocenters. The Morgan fingerprint density at radius 2 is 1.64 bits per heavy atom. The lowest BCUT2D eigenvalue weighted by atomic mass is 10.1. The summed E-state index contributed by atoms with van der Waals surface area (Å²) in [6.45, 7) is 0. The van der Waals surface area contributed by atoms with Gasteiger partial charge in [0.2, 0.25) is 0 Å². The monoisotopic (exact) mass is 400 g/mol. The van der Waals surface area contributed by atoms with Crippen molar-refractivity contribution in [3.8, 4) is 5.69 Å². The molecule has 0 fully saturated rings. The second-order valence-electron chi connectivity index (χ2n) is 5.55. The fourth-order valence-electron chi connectivity index (χ4n) is 2.43. The van der Waals surface area contributed by atoms with Gasteiger partial charge in [-0.15, -0.1) is 0 Å². The van der Waals surface area contributed by atoms with Crippen LogP contribution in [-0.2, 0) is 12.4 Å². The van der Waals surface area contributed by atoms with Gasteiger partial charge in [0, 0.05) is 18.1 Å². The Morgan fingerprint density at radius 1 is 0.964 bits per heavy atom. The second kappa shape index (κ2) is 6.98. The molecule has 0 unspecified atom stereocenters. The molecule has 0 saturated carbocycles. The predicted octanol–water partition coefficient (Wildman–Crippen LogP) is 4.56. The first kappa shape index (κ1) is 19.4. The molecule has 0 saturated heterocycles. The maximum Gasteiger partial charge on any atom is 0.434 e. The summed E-state index contributed by atoms with van der Waals surface area (Å²) in [4.78, 5) is 16.0. The lowest BCUT2D eigenvalue weighted by Gasteiger charge is -2.14. The Bertz CT molecular complexity index is 995. The number of aromatic nitrogens is 3. The Hall–Kier alpha value is -3.37. The molecule has 11 heteroatoms. The molecule has 1 N–H and O–H groups in total. The zero-order valence-corrected chi connectivity index (χ0v) is 13.7. The van der Waals surface area contributed by atoms with Crippen LogP contribution in [0.25, 0.3) is 5.69 Å². The van der Waals surface area contributed by atoms with Gasteiger partial charge in [-0.3, -0.25) is 9.78 Å². The van der Waals surface area contributed by atoms with Crippen molar-refractivity contribution in [3.05, 3.63) is 71.8 Å². The first-order valence-corrected chi connectivity index (χ1v) is 7.61. The summed E-state index contributed by atoms with van der Waals surface area (Å²) >= 11 is 0. The van der Waals surface area contributed by atoms with Crippen LogP contribution in [0.4, 0.5) is 32.0 Å². The molecule has 0 aliphatic rings. The minimum Gasteiger partial charge on any atom is -0.322 e. The number of amides is 1. The maximum absolute atomic E-state index is 13.6. The number of carbonyl (C=O) groups excluding carboxylic acids is 1. The molecule has 0 aliphatic heterocycles. The lowest BCUT2D eigenvalue weighted by molar-refractivity contribution is -0.143. The van der Waals surface area contributed by atoms with Crippen molar-refractivity contribution in [2.45, 2.75) is 12.4 Å². The highest BCUT2D eigenvalue weighted by atomic mass is 19.4. The van der Waals surface area contributed by atoms with Crippen molar-refractivity contribution in [2.24, 2.45) is 0 Å². The third-order valence-corrected chi connectivity index (χ3v) is 3.64. The van der Waals surface area contributed by atoms with Crippen LogP contribution < -0.4 is 5.32 Å². The number of rotatable bonds is 3. The van der Waals surface area contributed by atoms with E-state index in [0.29, 0.717) is 12.3 Å². The molecule has 28 heavy (non-hydrogen) atoms. The van der Waals surface area contributed by atoms with Crippen LogP contribution >= 0.6 is 0 Å². The lowest BCUT2D eigenvalue weighted by Crippen LogP contribution is -2.21. The minimum absolute atomic E-state index is 0.194. The zero-order chi connectivity index (χ0) is 20.5. The number of hydrogen-bond acceptors (Lipinski definition) is 3. The number of nitrogens with zero attached hydrogens (tertiary/aromatic N) is 3. The summed E-state index contributed by atoms with van der Waals surface area (Å²) < 4.78 is 79.6. The van der Waals surface area contributed by atoms with Gasteiger partial charge in [0.05, 0.1) is 23.0 Å². The summed E-state index contributed by atoms with van der Waals surface area (Å²) in [5.41, 5.74) is -3.75. The van der Waals surface area contributed by atoms with Gasteiger partial charge in [-0.1, -0.05) is 6.07 Å². The highest BCUT2D eigenvalue weighted by Crippen LogP contribution is 2.35. The smallest absolute Gasteiger partial charge is 0.322 e. The fourth-order valence-corrected chi connectivity index (χ4v) is 2.43. The van der Waals surface area contributed by atoms with Gasteiger partial charge < -0.3 is 5.32 Å². The van der Waals surface area contributed by atoms with Crippen molar-refractivity contribution < 1.29 is 31.1 Å². The van der Waals surface area contributed by atoms with Crippen LogP contribution in [0.15, 0.2) is 55.0 Å². The molecule has 3 aromatic rings. The van der Waals surface area contributed by atoms with E-state index in [4.69, 9.17) is 0 Å². The number of alkyl halides is 6. The van der Waals surface area contributed by atoms with Crippen molar-refractivity contribution >= 4 is 11.6 Å².